The van der Waals surface area contributed by atoms with Crippen molar-refractivity contribution in [2.24, 2.45) is 0 Å². The number of hydrogen-bond donors (Lipinski definition) is 0. The van der Waals surface area contributed by atoms with E-state index in [1.165, 1.54) is 4.90 Å². The van der Waals surface area contributed by atoms with Gasteiger partial charge in [-0.05, 0) is 47.6 Å². The number of methoxy groups -OCH3 is 1. The predicted molar refractivity (Wildman–Crippen MR) is 119 cm³/mol. The van der Waals surface area contributed by atoms with Crippen LogP contribution >= 0.6 is 11.8 Å². The highest BCUT2D eigenvalue weighted by atomic mass is 32.2. The molecule has 0 radical (unpaired) electrons. The van der Waals surface area contributed by atoms with Crippen LogP contribution in [0.15, 0.2) is 77.7 Å². The zero-order valence-electron chi connectivity index (χ0n) is 16.9. The minimum absolute atomic E-state index is 0.686. The smallest absolute Gasteiger partial charge is 0.222 e. The molecule has 4 rings (SSSR count). The van der Waals surface area contributed by atoms with Crippen molar-refractivity contribution in [3.8, 4) is 16.9 Å². The molecule has 0 unspecified atom stereocenters. The molecule has 1 aliphatic rings. The molecule has 3 aromatic carbocycles. The molecule has 1 fully saturated rings. The average Bonchev–Trinajstić information content (AvgIpc) is 2.80. The highest BCUT2D eigenvalue weighted by Gasteiger charge is 2.38. The SMILES string of the molecule is CCSc1ccc(C2(c3ccc(-c4ccc(OC)cc4)cc3)OCCCO2)cc1. The molecule has 0 spiro atoms. The molecule has 4 heteroatoms. The van der Waals surface area contributed by atoms with Crippen LogP contribution in [0.4, 0.5) is 0 Å². The van der Waals surface area contributed by atoms with Crippen molar-refractivity contribution in [1.29, 1.82) is 0 Å². The topological polar surface area (TPSA) is 27.7 Å². The second kappa shape index (κ2) is 9.04. The van der Waals surface area contributed by atoms with E-state index >= 15 is 0 Å². The van der Waals surface area contributed by atoms with Gasteiger partial charge in [0, 0.05) is 16.0 Å². The van der Waals surface area contributed by atoms with Gasteiger partial charge in [-0.2, -0.15) is 0 Å². The van der Waals surface area contributed by atoms with Gasteiger partial charge in [0.2, 0.25) is 5.79 Å². The molecule has 1 saturated heterocycles. The van der Waals surface area contributed by atoms with Gasteiger partial charge in [0.25, 0.3) is 0 Å². The van der Waals surface area contributed by atoms with Gasteiger partial charge in [0.15, 0.2) is 0 Å². The van der Waals surface area contributed by atoms with Crippen molar-refractivity contribution in [2.45, 2.75) is 24.0 Å². The summed E-state index contributed by atoms with van der Waals surface area (Å²) in [5.74, 6) is 1.08. The molecule has 3 nitrogen and oxygen atoms in total. The van der Waals surface area contributed by atoms with Crippen LogP contribution in [0.25, 0.3) is 11.1 Å². The Hall–Kier alpha value is -2.27. The first-order valence-corrected chi connectivity index (χ1v) is 11.0. The molecule has 150 valence electrons. The summed E-state index contributed by atoms with van der Waals surface area (Å²) in [5.41, 5.74) is 4.36. The van der Waals surface area contributed by atoms with Crippen molar-refractivity contribution in [3.63, 3.8) is 0 Å². The summed E-state index contributed by atoms with van der Waals surface area (Å²) < 4.78 is 17.8. The first-order chi connectivity index (χ1) is 14.2. The van der Waals surface area contributed by atoms with Crippen LogP contribution in [-0.4, -0.2) is 26.1 Å². The third-order valence-electron chi connectivity index (χ3n) is 5.13. The Morgan fingerprint density at radius 2 is 1.31 bits per heavy atom. The molecule has 0 saturated carbocycles. The molecule has 0 aromatic heterocycles. The molecule has 0 amide bonds. The van der Waals surface area contributed by atoms with Crippen molar-refractivity contribution >= 4 is 11.8 Å². The Balaban J connectivity index is 1.66. The lowest BCUT2D eigenvalue weighted by atomic mass is 9.94. The van der Waals surface area contributed by atoms with E-state index in [2.05, 4.69) is 67.6 Å². The van der Waals surface area contributed by atoms with E-state index in [0.29, 0.717) is 13.2 Å². The van der Waals surface area contributed by atoms with E-state index in [9.17, 15) is 0 Å². The van der Waals surface area contributed by atoms with Gasteiger partial charge < -0.3 is 14.2 Å². The van der Waals surface area contributed by atoms with Crippen LogP contribution in [-0.2, 0) is 15.3 Å². The van der Waals surface area contributed by atoms with Crippen LogP contribution in [0.5, 0.6) is 5.75 Å². The van der Waals surface area contributed by atoms with E-state index < -0.39 is 5.79 Å². The summed E-state index contributed by atoms with van der Waals surface area (Å²) in [6, 6.07) is 25.1. The summed E-state index contributed by atoms with van der Waals surface area (Å²) in [4.78, 5) is 1.26. The second-order valence-corrected chi connectivity index (χ2v) is 8.27. The van der Waals surface area contributed by atoms with E-state index in [0.717, 1.165) is 40.2 Å². The summed E-state index contributed by atoms with van der Waals surface area (Å²) >= 11 is 1.84. The van der Waals surface area contributed by atoms with Crippen LogP contribution in [0.2, 0.25) is 0 Å². The summed E-state index contributed by atoms with van der Waals surface area (Å²) in [6.07, 6.45) is 0.912. The fourth-order valence-electron chi connectivity index (χ4n) is 3.64. The van der Waals surface area contributed by atoms with Gasteiger partial charge in [-0.25, -0.2) is 0 Å². The van der Waals surface area contributed by atoms with Crippen molar-refractivity contribution in [2.75, 3.05) is 26.1 Å². The molecule has 1 heterocycles. The van der Waals surface area contributed by atoms with Crippen molar-refractivity contribution in [3.05, 3.63) is 83.9 Å². The number of benzene rings is 3. The first-order valence-electron chi connectivity index (χ1n) is 10.0. The average molecular weight is 407 g/mol. The highest BCUT2D eigenvalue weighted by molar-refractivity contribution is 7.99. The zero-order valence-corrected chi connectivity index (χ0v) is 17.7. The summed E-state index contributed by atoms with van der Waals surface area (Å²) in [6.45, 7) is 3.54. The first kappa shape index (κ1) is 20.0. The number of hydrogen-bond acceptors (Lipinski definition) is 4. The lowest BCUT2D eigenvalue weighted by Crippen LogP contribution is -2.39. The van der Waals surface area contributed by atoms with Gasteiger partial charge >= 0.3 is 0 Å². The summed E-state index contributed by atoms with van der Waals surface area (Å²) in [5, 5.41) is 0. The summed E-state index contributed by atoms with van der Waals surface area (Å²) in [7, 11) is 1.68. The Kier molecular flexibility index (Phi) is 6.24. The van der Waals surface area contributed by atoms with Crippen LogP contribution < -0.4 is 4.74 Å². The van der Waals surface area contributed by atoms with Gasteiger partial charge in [-0.15, -0.1) is 11.8 Å². The molecular formula is C25H26O3S. The maximum absolute atomic E-state index is 6.27. The Morgan fingerprint density at radius 1 is 0.793 bits per heavy atom. The molecule has 0 N–H and O–H groups in total. The molecule has 0 bridgehead atoms. The quantitative estimate of drug-likeness (QED) is 0.462. The molecule has 0 atom stereocenters. The van der Waals surface area contributed by atoms with Gasteiger partial charge in [0.1, 0.15) is 5.75 Å². The lowest BCUT2D eigenvalue weighted by Gasteiger charge is -2.38. The lowest BCUT2D eigenvalue weighted by molar-refractivity contribution is -0.249. The van der Waals surface area contributed by atoms with E-state index in [1.54, 1.807) is 7.11 Å². The fraction of sp³-hybridized carbons (Fsp3) is 0.280. The maximum Gasteiger partial charge on any atom is 0.222 e. The third-order valence-corrected chi connectivity index (χ3v) is 6.03. The minimum atomic E-state index is -0.841. The standard InChI is InChI=1S/C25H26O3S/c1-3-29-24-15-11-22(12-16-24)25(27-17-4-18-28-25)21-9-5-19(6-10-21)20-7-13-23(26-2)14-8-20/h5-16H,3-4,17-18H2,1-2H3. The molecule has 3 aromatic rings. The van der Waals surface area contributed by atoms with Crippen LogP contribution in [0, 0.1) is 0 Å². The van der Waals surface area contributed by atoms with Crippen molar-refractivity contribution in [1.82, 2.24) is 0 Å². The van der Waals surface area contributed by atoms with Crippen LogP contribution in [0.3, 0.4) is 0 Å². The predicted octanol–water partition coefficient (Wildman–Crippen LogP) is 6.11. The Morgan fingerprint density at radius 3 is 1.83 bits per heavy atom. The van der Waals surface area contributed by atoms with Crippen molar-refractivity contribution < 1.29 is 14.2 Å². The number of thioether (sulfide) groups is 1. The monoisotopic (exact) mass is 406 g/mol. The van der Waals surface area contributed by atoms with Gasteiger partial charge in [0.05, 0.1) is 20.3 Å². The molecular weight excluding hydrogens is 380 g/mol. The number of ether oxygens (including phenoxy) is 3. The number of rotatable bonds is 6. The highest BCUT2D eigenvalue weighted by Crippen LogP contribution is 2.39. The normalized spacial score (nSPS) is 15.8. The van der Waals surface area contributed by atoms with E-state index in [-0.39, 0.29) is 0 Å². The Labute approximate surface area is 177 Å². The molecule has 1 aliphatic heterocycles. The van der Waals surface area contributed by atoms with E-state index in [1.807, 2.05) is 23.9 Å². The van der Waals surface area contributed by atoms with Crippen LogP contribution in [0.1, 0.15) is 24.5 Å². The fourth-order valence-corrected chi connectivity index (χ4v) is 4.30. The van der Waals surface area contributed by atoms with Gasteiger partial charge in [-0.3, -0.25) is 0 Å². The largest absolute Gasteiger partial charge is 0.497 e. The molecule has 0 aliphatic carbocycles. The maximum atomic E-state index is 6.27. The van der Waals surface area contributed by atoms with Gasteiger partial charge in [-0.1, -0.05) is 55.5 Å². The molecule has 29 heavy (non-hydrogen) atoms. The third kappa shape index (κ3) is 4.20. The minimum Gasteiger partial charge on any atom is -0.497 e. The second-order valence-electron chi connectivity index (χ2n) is 6.93. The Bertz CT molecular complexity index is 912. The van der Waals surface area contributed by atoms with E-state index in [4.69, 9.17) is 14.2 Å². The zero-order chi connectivity index (χ0) is 20.1.